The van der Waals surface area contributed by atoms with Crippen LogP contribution < -0.4 is 0 Å². The van der Waals surface area contributed by atoms with Gasteiger partial charge >= 0.3 is 0 Å². The van der Waals surface area contributed by atoms with Crippen LogP contribution in [0.4, 0.5) is 0 Å². The lowest BCUT2D eigenvalue weighted by molar-refractivity contribution is -0.141. The first-order valence-electron chi connectivity index (χ1n) is 12.3. The second kappa shape index (κ2) is 10.3. The number of piperazine rings is 1. The first-order valence-corrected chi connectivity index (χ1v) is 13.1. The Hall–Kier alpha value is -2.08. The summed E-state index contributed by atoms with van der Waals surface area (Å²) in [6.45, 7) is 4.08. The van der Waals surface area contributed by atoms with Crippen molar-refractivity contribution in [3.63, 3.8) is 0 Å². The van der Waals surface area contributed by atoms with E-state index in [0.717, 1.165) is 25.8 Å². The standard InChI is InChI=1S/C27H31Cl2N3O2/c28-22-9-10-23(24(29)17-22)26(33)31-15-13-30(14-16-31)25(20-6-2-3-7-20)27(34)32-12-11-19-5-1-4-8-21(19)18-32/h1,4-5,8-10,17,20,25H,2-3,6-7,11-16,18H2. The average Bonchev–Trinajstić information content (AvgIpc) is 3.38. The molecule has 5 rings (SSSR count). The van der Waals surface area contributed by atoms with Crippen molar-refractivity contribution >= 4 is 35.0 Å². The quantitative estimate of drug-likeness (QED) is 0.600. The molecule has 5 nitrogen and oxygen atoms in total. The zero-order valence-corrected chi connectivity index (χ0v) is 20.9. The van der Waals surface area contributed by atoms with E-state index in [1.165, 1.54) is 24.0 Å². The molecule has 0 bridgehead atoms. The third kappa shape index (κ3) is 4.84. The SMILES string of the molecule is O=C(c1ccc(Cl)cc1Cl)N1CCN(C(C(=O)N2CCc3ccccc3C2)C2CCCC2)CC1. The first-order chi connectivity index (χ1) is 16.5. The van der Waals surface area contributed by atoms with E-state index < -0.39 is 0 Å². The highest BCUT2D eigenvalue weighted by molar-refractivity contribution is 6.36. The van der Waals surface area contributed by atoms with Crippen LogP contribution in [0.3, 0.4) is 0 Å². The lowest BCUT2D eigenvalue weighted by Crippen LogP contribution is -2.58. The van der Waals surface area contributed by atoms with Gasteiger partial charge in [-0.15, -0.1) is 0 Å². The van der Waals surface area contributed by atoms with Gasteiger partial charge in [0.2, 0.25) is 5.91 Å². The number of hydrogen-bond acceptors (Lipinski definition) is 3. The van der Waals surface area contributed by atoms with Gasteiger partial charge in [0, 0.05) is 44.3 Å². The number of nitrogens with zero attached hydrogens (tertiary/aromatic N) is 3. The summed E-state index contributed by atoms with van der Waals surface area (Å²) in [7, 11) is 0. The van der Waals surface area contributed by atoms with Crippen LogP contribution in [-0.2, 0) is 17.8 Å². The number of carbonyl (C=O) groups is 2. The smallest absolute Gasteiger partial charge is 0.255 e. The van der Waals surface area contributed by atoms with Gasteiger partial charge in [0.15, 0.2) is 0 Å². The maximum Gasteiger partial charge on any atom is 0.255 e. The van der Waals surface area contributed by atoms with E-state index in [1.54, 1.807) is 18.2 Å². The summed E-state index contributed by atoms with van der Waals surface area (Å²) < 4.78 is 0. The monoisotopic (exact) mass is 499 g/mol. The largest absolute Gasteiger partial charge is 0.337 e. The van der Waals surface area contributed by atoms with E-state index in [1.807, 2.05) is 4.90 Å². The van der Waals surface area contributed by atoms with Crippen molar-refractivity contribution in [3.05, 3.63) is 69.2 Å². The Morgan fingerprint density at radius 2 is 1.56 bits per heavy atom. The highest BCUT2D eigenvalue weighted by Crippen LogP contribution is 2.33. The zero-order valence-electron chi connectivity index (χ0n) is 19.4. The van der Waals surface area contributed by atoms with Gasteiger partial charge in [-0.1, -0.05) is 60.3 Å². The van der Waals surface area contributed by atoms with Gasteiger partial charge in [0.1, 0.15) is 0 Å². The average molecular weight is 500 g/mol. The molecule has 3 aliphatic rings. The molecule has 1 saturated carbocycles. The fourth-order valence-electron chi connectivity index (χ4n) is 5.84. The Morgan fingerprint density at radius 1 is 0.853 bits per heavy atom. The fraction of sp³-hybridized carbons (Fsp3) is 0.481. The molecule has 2 heterocycles. The zero-order chi connectivity index (χ0) is 23.7. The number of amides is 2. The van der Waals surface area contributed by atoms with Gasteiger partial charge in [-0.25, -0.2) is 0 Å². The highest BCUT2D eigenvalue weighted by Gasteiger charge is 2.40. The maximum absolute atomic E-state index is 13.9. The molecule has 0 aromatic heterocycles. The lowest BCUT2D eigenvalue weighted by Gasteiger charge is -2.43. The molecular formula is C27H31Cl2N3O2. The lowest BCUT2D eigenvalue weighted by atomic mass is 9.92. The summed E-state index contributed by atoms with van der Waals surface area (Å²) in [5.41, 5.74) is 3.11. The second-order valence-corrected chi connectivity index (χ2v) is 10.6. The van der Waals surface area contributed by atoms with E-state index in [-0.39, 0.29) is 17.9 Å². The van der Waals surface area contributed by atoms with Crippen LogP contribution in [0.25, 0.3) is 0 Å². The van der Waals surface area contributed by atoms with E-state index in [9.17, 15) is 9.59 Å². The molecule has 34 heavy (non-hydrogen) atoms. The van der Waals surface area contributed by atoms with Gasteiger partial charge in [-0.3, -0.25) is 14.5 Å². The minimum absolute atomic E-state index is 0.0716. The van der Waals surface area contributed by atoms with Gasteiger partial charge in [-0.2, -0.15) is 0 Å². The van der Waals surface area contributed by atoms with Gasteiger partial charge in [0.05, 0.1) is 16.6 Å². The molecule has 0 N–H and O–H groups in total. The number of rotatable bonds is 4. The van der Waals surface area contributed by atoms with Gasteiger partial charge < -0.3 is 9.80 Å². The van der Waals surface area contributed by atoms with Crippen LogP contribution in [0.5, 0.6) is 0 Å². The molecular weight excluding hydrogens is 469 g/mol. The normalized spacial score (nSPS) is 20.3. The third-order valence-electron chi connectivity index (χ3n) is 7.70. The Morgan fingerprint density at radius 3 is 2.26 bits per heavy atom. The predicted molar refractivity (Wildman–Crippen MR) is 135 cm³/mol. The van der Waals surface area contributed by atoms with Crippen LogP contribution in [-0.4, -0.2) is 65.3 Å². The predicted octanol–water partition coefficient (Wildman–Crippen LogP) is 4.89. The second-order valence-electron chi connectivity index (χ2n) is 9.72. The molecule has 2 aromatic rings. The molecule has 1 unspecified atom stereocenters. The number of benzene rings is 2. The molecule has 1 atom stereocenters. The fourth-order valence-corrected chi connectivity index (χ4v) is 6.33. The van der Waals surface area contributed by atoms with Crippen molar-refractivity contribution < 1.29 is 9.59 Å². The van der Waals surface area contributed by atoms with Crippen LogP contribution in [0.2, 0.25) is 10.0 Å². The van der Waals surface area contributed by atoms with Crippen molar-refractivity contribution in [3.8, 4) is 0 Å². The molecule has 180 valence electrons. The first kappa shape index (κ1) is 23.7. The molecule has 0 radical (unpaired) electrons. The summed E-state index contributed by atoms with van der Waals surface area (Å²) in [4.78, 5) is 33.2. The number of carbonyl (C=O) groups excluding carboxylic acids is 2. The summed E-state index contributed by atoms with van der Waals surface area (Å²) in [6.07, 6.45) is 5.54. The van der Waals surface area contributed by atoms with Crippen molar-refractivity contribution in [2.45, 2.75) is 44.7 Å². The summed E-state index contributed by atoms with van der Waals surface area (Å²) in [5.74, 6) is 0.595. The molecule has 2 fully saturated rings. The molecule has 7 heteroatoms. The van der Waals surface area contributed by atoms with E-state index in [2.05, 4.69) is 34.1 Å². The van der Waals surface area contributed by atoms with Crippen LogP contribution in [0.15, 0.2) is 42.5 Å². The molecule has 1 saturated heterocycles. The Balaban J connectivity index is 1.28. The minimum Gasteiger partial charge on any atom is -0.337 e. The van der Waals surface area contributed by atoms with Crippen molar-refractivity contribution in [2.24, 2.45) is 5.92 Å². The van der Waals surface area contributed by atoms with Crippen molar-refractivity contribution in [1.82, 2.24) is 14.7 Å². The Bertz CT molecular complexity index is 1060. The van der Waals surface area contributed by atoms with Crippen molar-refractivity contribution in [1.29, 1.82) is 0 Å². The van der Waals surface area contributed by atoms with Crippen LogP contribution >= 0.6 is 23.2 Å². The van der Waals surface area contributed by atoms with E-state index in [4.69, 9.17) is 23.2 Å². The van der Waals surface area contributed by atoms with E-state index >= 15 is 0 Å². The Kier molecular flexibility index (Phi) is 7.14. The third-order valence-corrected chi connectivity index (χ3v) is 8.25. The topological polar surface area (TPSA) is 43.9 Å². The van der Waals surface area contributed by atoms with Gasteiger partial charge in [-0.05, 0) is 54.5 Å². The molecule has 2 aliphatic heterocycles. The molecule has 0 spiro atoms. The van der Waals surface area contributed by atoms with Gasteiger partial charge in [0.25, 0.3) is 5.91 Å². The number of halogens is 2. The van der Waals surface area contributed by atoms with Crippen LogP contribution in [0.1, 0.15) is 47.2 Å². The number of hydrogen-bond donors (Lipinski definition) is 0. The van der Waals surface area contributed by atoms with Crippen molar-refractivity contribution in [2.75, 3.05) is 32.7 Å². The van der Waals surface area contributed by atoms with E-state index in [0.29, 0.717) is 54.3 Å². The molecule has 1 aliphatic carbocycles. The highest BCUT2D eigenvalue weighted by atomic mass is 35.5. The van der Waals surface area contributed by atoms with Crippen LogP contribution in [0, 0.1) is 5.92 Å². The number of fused-ring (bicyclic) bond motifs is 1. The molecule has 2 aromatic carbocycles. The Labute approximate surface area is 211 Å². The maximum atomic E-state index is 13.9. The minimum atomic E-state index is -0.0934. The molecule has 2 amide bonds. The summed E-state index contributed by atoms with van der Waals surface area (Å²) in [6, 6.07) is 13.4. The summed E-state index contributed by atoms with van der Waals surface area (Å²) >= 11 is 12.3. The summed E-state index contributed by atoms with van der Waals surface area (Å²) in [5, 5.41) is 0.897.